The fraction of sp³-hybridized carbons (Fsp3) is 0.350. The summed E-state index contributed by atoms with van der Waals surface area (Å²) < 4.78 is 0. The second kappa shape index (κ2) is 6.67. The molecule has 1 aliphatic heterocycles. The molecule has 1 heterocycles. The molecule has 0 N–H and O–H groups in total. The van der Waals surface area contributed by atoms with E-state index in [0.717, 1.165) is 24.8 Å². The van der Waals surface area contributed by atoms with Gasteiger partial charge in [0.25, 0.3) is 5.69 Å². The second-order valence-electron chi connectivity index (χ2n) is 6.80. The molecule has 2 atom stereocenters. The third-order valence-electron chi connectivity index (χ3n) is 5.22. The molecule has 5 nitrogen and oxygen atoms in total. The van der Waals surface area contributed by atoms with Crippen LogP contribution in [0.2, 0.25) is 0 Å². The Morgan fingerprint density at radius 1 is 1.20 bits per heavy atom. The van der Waals surface area contributed by atoms with E-state index in [9.17, 15) is 10.1 Å². The average Bonchev–Trinajstić information content (AvgIpc) is 2.65. The van der Waals surface area contributed by atoms with Gasteiger partial charge in [-0.2, -0.15) is 5.10 Å². The second-order valence-corrected chi connectivity index (χ2v) is 6.80. The quantitative estimate of drug-likeness (QED) is 0.468. The molecule has 25 heavy (non-hydrogen) atoms. The highest BCUT2D eigenvalue weighted by Gasteiger charge is 2.35. The van der Waals surface area contributed by atoms with Crippen molar-refractivity contribution in [2.75, 3.05) is 0 Å². The van der Waals surface area contributed by atoms with Crippen LogP contribution < -0.4 is 0 Å². The standard InChI is InChI=1S/C20H21N3O2/c24-23(25)18-11-9-15(10-12-18)14-21-22-19-7-3-1-5-16(19)13-17-6-2-4-8-20(17)22/h1,3,5,9-14,19-20H,2,4,6-8H2. The third kappa shape index (κ3) is 3.14. The van der Waals surface area contributed by atoms with Crippen LogP contribution in [0.15, 0.2) is 64.8 Å². The van der Waals surface area contributed by atoms with Crippen molar-refractivity contribution in [1.29, 1.82) is 0 Å². The Bertz CT molecular complexity index is 790. The van der Waals surface area contributed by atoms with E-state index in [2.05, 4.69) is 29.3 Å². The van der Waals surface area contributed by atoms with Crippen molar-refractivity contribution in [1.82, 2.24) is 5.01 Å². The van der Waals surface area contributed by atoms with E-state index < -0.39 is 0 Å². The number of hydrogen-bond acceptors (Lipinski definition) is 4. The zero-order valence-electron chi connectivity index (χ0n) is 14.0. The molecule has 0 aromatic heterocycles. The van der Waals surface area contributed by atoms with Gasteiger partial charge in [-0.05, 0) is 54.5 Å². The zero-order chi connectivity index (χ0) is 17.2. The van der Waals surface area contributed by atoms with Gasteiger partial charge in [-0.15, -0.1) is 0 Å². The van der Waals surface area contributed by atoms with Gasteiger partial charge >= 0.3 is 0 Å². The maximum Gasteiger partial charge on any atom is 0.269 e. The van der Waals surface area contributed by atoms with Crippen LogP contribution in [-0.4, -0.2) is 28.2 Å². The van der Waals surface area contributed by atoms with E-state index in [-0.39, 0.29) is 10.6 Å². The number of nitrogens with zero attached hydrogens (tertiary/aromatic N) is 3. The number of nitro groups is 1. The van der Waals surface area contributed by atoms with Crippen LogP contribution in [0.1, 0.15) is 37.7 Å². The van der Waals surface area contributed by atoms with Crippen molar-refractivity contribution in [3.8, 4) is 0 Å². The summed E-state index contributed by atoms with van der Waals surface area (Å²) in [5, 5.41) is 17.9. The first-order valence-corrected chi connectivity index (χ1v) is 8.86. The van der Waals surface area contributed by atoms with Gasteiger partial charge in [0, 0.05) is 12.1 Å². The fourth-order valence-corrected chi connectivity index (χ4v) is 3.94. The average molecular weight is 335 g/mol. The zero-order valence-corrected chi connectivity index (χ0v) is 14.0. The minimum absolute atomic E-state index is 0.107. The molecule has 0 amide bonds. The summed E-state index contributed by atoms with van der Waals surface area (Å²) in [4.78, 5) is 10.4. The number of fused-ring (bicyclic) bond motifs is 2. The van der Waals surface area contributed by atoms with Gasteiger partial charge in [-0.3, -0.25) is 15.1 Å². The van der Waals surface area contributed by atoms with Gasteiger partial charge in [0.1, 0.15) is 0 Å². The minimum Gasteiger partial charge on any atom is -0.282 e. The Labute approximate surface area is 147 Å². The lowest BCUT2D eigenvalue weighted by Gasteiger charge is -2.44. The maximum absolute atomic E-state index is 10.8. The molecule has 5 heteroatoms. The largest absolute Gasteiger partial charge is 0.282 e. The maximum atomic E-state index is 10.8. The highest BCUT2D eigenvalue weighted by Crippen LogP contribution is 2.38. The molecule has 0 radical (unpaired) electrons. The lowest BCUT2D eigenvalue weighted by molar-refractivity contribution is -0.384. The van der Waals surface area contributed by atoms with Crippen LogP contribution in [-0.2, 0) is 0 Å². The molecule has 1 aromatic rings. The molecule has 1 fully saturated rings. The van der Waals surface area contributed by atoms with Gasteiger partial charge in [0.05, 0.1) is 23.2 Å². The summed E-state index contributed by atoms with van der Waals surface area (Å²) in [7, 11) is 0. The number of non-ortho nitro benzene ring substituents is 1. The first kappa shape index (κ1) is 15.8. The Kier molecular flexibility index (Phi) is 4.22. The third-order valence-corrected chi connectivity index (χ3v) is 5.22. The van der Waals surface area contributed by atoms with E-state index in [4.69, 9.17) is 5.10 Å². The van der Waals surface area contributed by atoms with Gasteiger partial charge in [-0.1, -0.05) is 30.7 Å². The summed E-state index contributed by atoms with van der Waals surface area (Å²) in [5.41, 5.74) is 3.83. The normalized spacial score (nSPS) is 25.2. The summed E-state index contributed by atoms with van der Waals surface area (Å²) in [6, 6.07) is 7.24. The van der Waals surface area contributed by atoms with Crippen LogP contribution >= 0.6 is 0 Å². The van der Waals surface area contributed by atoms with Crippen molar-refractivity contribution in [2.24, 2.45) is 5.10 Å². The molecule has 3 aliphatic rings. The van der Waals surface area contributed by atoms with E-state index in [0.29, 0.717) is 12.1 Å². The monoisotopic (exact) mass is 335 g/mol. The van der Waals surface area contributed by atoms with Crippen LogP contribution in [0.3, 0.4) is 0 Å². The van der Waals surface area contributed by atoms with E-state index in [1.165, 1.54) is 36.1 Å². The Balaban J connectivity index is 1.61. The van der Waals surface area contributed by atoms with Gasteiger partial charge < -0.3 is 0 Å². The van der Waals surface area contributed by atoms with Crippen molar-refractivity contribution >= 4 is 11.9 Å². The molecular weight excluding hydrogens is 314 g/mol. The number of hydrogen-bond donors (Lipinski definition) is 0. The van der Waals surface area contributed by atoms with Crippen LogP contribution in [0.25, 0.3) is 0 Å². The molecule has 1 saturated carbocycles. The minimum atomic E-state index is -0.379. The highest BCUT2D eigenvalue weighted by molar-refractivity contribution is 5.79. The predicted octanol–water partition coefficient (Wildman–Crippen LogP) is 4.37. The van der Waals surface area contributed by atoms with Gasteiger partial charge in [0.2, 0.25) is 0 Å². The number of nitro benzene ring substituents is 1. The number of benzene rings is 1. The molecule has 2 unspecified atom stereocenters. The van der Waals surface area contributed by atoms with Crippen molar-refractivity contribution in [2.45, 2.75) is 44.2 Å². The summed E-state index contributed by atoms with van der Waals surface area (Å²) >= 11 is 0. The van der Waals surface area contributed by atoms with Crippen LogP contribution in [0, 0.1) is 10.1 Å². The van der Waals surface area contributed by atoms with Gasteiger partial charge in [0.15, 0.2) is 0 Å². The molecule has 128 valence electrons. The SMILES string of the molecule is O=[N+]([O-])c1ccc(C=NN2C3CC=CC=C3C=C3CCCCC32)cc1. The van der Waals surface area contributed by atoms with Crippen LogP contribution in [0.5, 0.6) is 0 Å². The molecule has 0 bridgehead atoms. The van der Waals surface area contributed by atoms with E-state index >= 15 is 0 Å². The predicted molar refractivity (Wildman–Crippen MR) is 98.5 cm³/mol. The first-order valence-electron chi connectivity index (χ1n) is 8.86. The Hall–Kier alpha value is -2.69. The van der Waals surface area contributed by atoms with E-state index in [1.54, 1.807) is 12.1 Å². The van der Waals surface area contributed by atoms with Crippen molar-refractivity contribution in [3.05, 3.63) is 75.4 Å². The smallest absolute Gasteiger partial charge is 0.269 e. The molecule has 0 spiro atoms. The van der Waals surface area contributed by atoms with Gasteiger partial charge in [-0.25, -0.2) is 0 Å². The highest BCUT2D eigenvalue weighted by atomic mass is 16.6. The Morgan fingerprint density at radius 3 is 2.84 bits per heavy atom. The summed E-state index contributed by atoms with van der Waals surface area (Å²) in [6.07, 6.45) is 16.5. The topological polar surface area (TPSA) is 58.7 Å². The van der Waals surface area contributed by atoms with Crippen LogP contribution in [0.4, 0.5) is 5.69 Å². The molecule has 4 rings (SSSR count). The van der Waals surface area contributed by atoms with Crippen molar-refractivity contribution in [3.63, 3.8) is 0 Å². The molecule has 0 saturated heterocycles. The van der Waals surface area contributed by atoms with Crippen molar-refractivity contribution < 1.29 is 4.92 Å². The fourth-order valence-electron chi connectivity index (χ4n) is 3.94. The lowest BCUT2D eigenvalue weighted by Crippen LogP contribution is -2.46. The Morgan fingerprint density at radius 2 is 2.04 bits per heavy atom. The number of hydrazone groups is 1. The number of allylic oxidation sites excluding steroid dienone is 2. The van der Waals surface area contributed by atoms with E-state index in [1.807, 2.05) is 6.21 Å². The molecule has 2 aliphatic carbocycles. The first-order chi connectivity index (χ1) is 12.2. The summed E-state index contributed by atoms with van der Waals surface area (Å²) in [5.74, 6) is 0. The molecular formula is C20H21N3O2. The summed E-state index contributed by atoms with van der Waals surface area (Å²) in [6.45, 7) is 0. The lowest BCUT2D eigenvalue weighted by atomic mass is 9.81. The molecule has 1 aromatic carbocycles. The number of rotatable bonds is 3.